The van der Waals surface area contributed by atoms with Crippen LogP contribution in [0.25, 0.3) is 0 Å². The Morgan fingerprint density at radius 2 is 2.29 bits per heavy atom. The summed E-state index contributed by atoms with van der Waals surface area (Å²) in [6.45, 7) is 0. The highest BCUT2D eigenvalue weighted by molar-refractivity contribution is 7.78. The molecule has 0 heterocycles. The highest BCUT2D eigenvalue weighted by Gasteiger charge is 2.07. The van der Waals surface area contributed by atoms with Crippen LogP contribution in [0.3, 0.4) is 0 Å². The Labute approximate surface area is 91.6 Å². The van der Waals surface area contributed by atoms with Gasteiger partial charge in [-0.3, -0.25) is 0 Å². The SMILES string of the molecule is COc1cc(N=C=S)c(C#N)cc1Cl. The summed E-state index contributed by atoms with van der Waals surface area (Å²) < 4.78 is 4.97. The van der Waals surface area contributed by atoms with Gasteiger partial charge in [0.25, 0.3) is 0 Å². The number of nitrogens with zero attached hydrogens (tertiary/aromatic N) is 2. The van der Waals surface area contributed by atoms with Crippen molar-refractivity contribution in [2.24, 2.45) is 4.99 Å². The Hall–Kier alpha value is -1.40. The molecule has 0 aromatic heterocycles. The largest absolute Gasteiger partial charge is 0.495 e. The average Bonchev–Trinajstić information content (AvgIpc) is 2.20. The number of benzene rings is 1. The summed E-state index contributed by atoms with van der Waals surface area (Å²) in [6, 6.07) is 4.97. The molecule has 3 nitrogen and oxygen atoms in total. The van der Waals surface area contributed by atoms with Crippen molar-refractivity contribution in [2.75, 3.05) is 7.11 Å². The molecule has 0 aliphatic rings. The van der Waals surface area contributed by atoms with Crippen molar-refractivity contribution < 1.29 is 4.74 Å². The fourth-order valence-electron chi connectivity index (χ4n) is 0.930. The molecule has 0 spiro atoms. The first-order chi connectivity index (χ1) is 6.72. The minimum atomic E-state index is 0.341. The van der Waals surface area contributed by atoms with Crippen LogP contribution < -0.4 is 4.74 Å². The Balaban J connectivity index is 3.41. The predicted octanol–water partition coefficient (Wildman–Crippen LogP) is 2.95. The fraction of sp³-hybridized carbons (Fsp3) is 0.111. The number of hydrogen-bond donors (Lipinski definition) is 0. The first kappa shape index (κ1) is 10.7. The lowest BCUT2D eigenvalue weighted by Crippen LogP contribution is -1.85. The van der Waals surface area contributed by atoms with Crippen LogP contribution in [0.2, 0.25) is 5.02 Å². The molecule has 0 N–H and O–H groups in total. The van der Waals surface area contributed by atoms with Gasteiger partial charge in [-0.05, 0) is 18.3 Å². The molecule has 5 heteroatoms. The molecule has 14 heavy (non-hydrogen) atoms. The first-order valence-corrected chi connectivity index (χ1v) is 4.37. The lowest BCUT2D eigenvalue weighted by molar-refractivity contribution is 0.415. The van der Waals surface area contributed by atoms with E-state index in [0.29, 0.717) is 22.0 Å². The number of hydrogen-bond acceptors (Lipinski definition) is 4. The summed E-state index contributed by atoms with van der Waals surface area (Å²) in [5.74, 6) is 0.453. The van der Waals surface area contributed by atoms with E-state index in [0.717, 1.165) is 0 Å². The minimum absolute atomic E-state index is 0.341. The van der Waals surface area contributed by atoms with Gasteiger partial charge < -0.3 is 4.74 Å². The quantitative estimate of drug-likeness (QED) is 0.573. The maximum absolute atomic E-state index is 8.76. The third-order valence-electron chi connectivity index (χ3n) is 1.56. The molecular weight excluding hydrogens is 220 g/mol. The molecule has 0 fully saturated rings. The molecule has 0 aliphatic heterocycles. The molecule has 0 atom stereocenters. The Morgan fingerprint density at radius 1 is 1.57 bits per heavy atom. The van der Waals surface area contributed by atoms with Crippen molar-refractivity contribution in [1.82, 2.24) is 0 Å². The van der Waals surface area contributed by atoms with Gasteiger partial charge in [-0.1, -0.05) is 11.6 Å². The maximum Gasteiger partial charge on any atom is 0.139 e. The molecule has 0 aliphatic carbocycles. The number of aliphatic imine (C=N–C) groups is 1. The van der Waals surface area contributed by atoms with Crippen molar-refractivity contribution >= 4 is 34.7 Å². The van der Waals surface area contributed by atoms with Crippen LogP contribution >= 0.6 is 23.8 Å². The van der Waals surface area contributed by atoms with E-state index >= 15 is 0 Å². The monoisotopic (exact) mass is 224 g/mol. The van der Waals surface area contributed by atoms with E-state index in [-0.39, 0.29) is 0 Å². The van der Waals surface area contributed by atoms with Gasteiger partial charge in [-0.2, -0.15) is 10.3 Å². The van der Waals surface area contributed by atoms with Crippen LogP contribution in [0.4, 0.5) is 5.69 Å². The van der Waals surface area contributed by atoms with Crippen molar-refractivity contribution in [3.05, 3.63) is 22.7 Å². The third kappa shape index (κ3) is 2.09. The van der Waals surface area contributed by atoms with Crippen molar-refractivity contribution in [3.63, 3.8) is 0 Å². The number of rotatable bonds is 2. The summed E-state index contributed by atoms with van der Waals surface area (Å²) in [5, 5.41) is 11.3. The molecule has 0 unspecified atom stereocenters. The lowest BCUT2D eigenvalue weighted by Gasteiger charge is -2.04. The summed E-state index contributed by atoms with van der Waals surface area (Å²) in [6.07, 6.45) is 0. The summed E-state index contributed by atoms with van der Waals surface area (Å²) >= 11 is 10.3. The summed E-state index contributed by atoms with van der Waals surface area (Å²) in [4.78, 5) is 3.73. The summed E-state index contributed by atoms with van der Waals surface area (Å²) in [7, 11) is 1.48. The van der Waals surface area contributed by atoms with E-state index in [1.54, 1.807) is 6.07 Å². The van der Waals surface area contributed by atoms with Crippen LogP contribution in [0.15, 0.2) is 17.1 Å². The zero-order valence-electron chi connectivity index (χ0n) is 7.24. The zero-order valence-corrected chi connectivity index (χ0v) is 8.82. The van der Waals surface area contributed by atoms with Gasteiger partial charge in [0, 0.05) is 6.07 Å². The Kier molecular flexibility index (Phi) is 3.61. The zero-order chi connectivity index (χ0) is 10.6. The second kappa shape index (κ2) is 4.73. The molecule has 0 radical (unpaired) electrons. The highest BCUT2D eigenvalue weighted by Crippen LogP contribution is 2.31. The molecule has 1 rings (SSSR count). The molecule has 0 saturated heterocycles. The fourth-order valence-corrected chi connectivity index (χ4v) is 1.27. The number of isothiocyanates is 1. The number of halogens is 1. The molecule has 0 amide bonds. The molecule has 70 valence electrons. The van der Waals surface area contributed by atoms with E-state index in [1.165, 1.54) is 13.2 Å². The van der Waals surface area contributed by atoms with E-state index in [9.17, 15) is 0 Å². The predicted molar refractivity (Wildman–Crippen MR) is 57.4 cm³/mol. The normalized spacial score (nSPS) is 8.64. The smallest absolute Gasteiger partial charge is 0.139 e. The Bertz CT molecular complexity index is 447. The van der Waals surface area contributed by atoms with E-state index < -0.39 is 0 Å². The van der Waals surface area contributed by atoms with Gasteiger partial charge in [-0.15, -0.1) is 0 Å². The number of methoxy groups -OCH3 is 1. The van der Waals surface area contributed by atoms with Crippen molar-refractivity contribution in [3.8, 4) is 11.8 Å². The van der Waals surface area contributed by atoms with Crippen molar-refractivity contribution in [2.45, 2.75) is 0 Å². The second-order valence-corrected chi connectivity index (χ2v) is 2.91. The standard InChI is InChI=1S/C9H5ClN2OS/c1-13-9-3-8(12-5-14)6(4-11)2-7(9)10/h2-3H,1H3. The van der Waals surface area contributed by atoms with Crippen LogP contribution in [0, 0.1) is 11.3 Å². The number of ether oxygens (including phenoxy) is 1. The van der Waals surface area contributed by atoms with Gasteiger partial charge in [0.2, 0.25) is 0 Å². The average molecular weight is 225 g/mol. The molecule has 0 bridgehead atoms. The van der Waals surface area contributed by atoms with E-state index in [2.05, 4.69) is 22.4 Å². The van der Waals surface area contributed by atoms with E-state index in [4.69, 9.17) is 21.6 Å². The van der Waals surface area contributed by atoms with Gasteiger partial charge in [0.15, 0.2) is 0 Å². The highest BCUT2D eigenvalue weighted by atomic mass is 35.5. The first-order valence-electron chi connectivity index (χ1n) is 3.58. The van der Waals surface area contributed by atoms with Crippen LogP contribution in [-0.2, 0) is 0 Å². The number of nitriles is 1. The van der Waals surface area contributed by atoms with Crippen molar-refractivity contribution in [1.29, 1.82) is 5.26 Å². The van der Waals surface area contributed by atoms with Crippen LogP contribution in [0.1, 0.15) is 5.56 Å². The maximum atomic E-state index is 8.76. The second-order valence-electron chi connectivity index (χ2n) is 2.32. The van der Waals surface area contributed by atoms with Crippen LogP contribution in [-0.4, -0.2) is 12.3 Å². The topological polar surface area (TPSA) is 45.4 Å². The Morgan fingerprint density at radius 3 is 2.79 bits per heavy atom. The molecule has 1 aromatic carbocycles. The number of thiocarbonyl (C=S) groups is 1. The van der Waals surface area contributed by atoms with E-state index in [1.807, 2.05) is 6.07 Å². The van der Waals surface area contributed by atoms with Gasteiger partial charge in [0.05, 0.1) is 28.5 Å². The van der Waals surface area contributed by atoms with Crippen LogP contribution in [0.5, 0.6) is 5.75 Å². The van der Waals surface area contributed by atoms with Gasteiger partial charge in [0.1, 0.15) is 11.8 Å². The van der Waals surface area contributed by atoms with Gasteiger partial charge in [-0.25, -0.2) is 0 Å². The van der Waals surface area contributed by atoms with Gasteiger partial charge >= 0.3 is 0 Å². The minimum Gasteiger partial charge on any atom is -0.495 e. The lowest BCUT2D eigenvalue weighted by atomic mass is 10.2. The molecular formula is C9H5ClN2OS. The summed E-state index contributed by atoms with van der Waals surface area (Å²) in [5.41, 5.74) is 0.747. The third-order valence-corrected chi connectivity index (χ3v) is 1.94. The molecule has 1 aromatic rings. The molecule has 0 saturated carbocycles.